The first-order chi connectivity index (χ1) is 12.8. The van der Waals surface area contributed by atoms with Gasteiger partial charge in [-0.1, -0.05) is 42.5 Å². The number of hydrazone groups is 1. The summed E-state index contributed by atoms with van der Waals surface area (Å²) in [5, 5.41) is 4.52. The van der Waals surface area contributed by atoms with Gasteiger partial charge < -0.3 is 0 Å². The highest BCUT2D eigenvalue weighted by Crippen LogP contribution is 2.29. The number of nitrogens with one attached hydrogen (secondary N) is 1. The van der Waals surface area contributed by atoms with Gasteiger partial charge in [0.1, 0.15) is 10.7 Å². The largest absolute Gasteiger partial charge is 0.416 e. The highest BCUT2D eigenvalue weighted by Gasteiger charge is 2.29. The van der Waals surface area contributed by atoms with E-state index in [0.717, 1.165) is 27.6 Å². The predicted octanol–water partition coefficient (Wildman–Crippen LogP) is 4.90. The molecule has 0 spiro atoms. The molecule has 0 saturated carbocycles. The second-order valence-corrected chi connectivity index (χ2v) is 6.81. The van der Waals surface area contributed by atoms with Crippen molar-refractivity contribution in [1.82, 2.24) is 10.4 Å². The minimum absolute atomic E-state index is 0.267. The van der Waals surface area contributed by atoms with Gasteiger partial charge in [0.15, 0.2) is 0 Å². The number of aryl methyl sites for hydroxylation is 1. The number of benzene rings is 2. The fourth-order valence-electron chi connectivity index (χ4n) is 2.29. The Labute approximate surface area is 157 Å². The molecule has 0 fully saturated rings. The maximum atomic E-state index is 12.5. The zero-order valence-corrected chi connectivity index (χ0v) is 14.9. The minimum atomic E-state index is -4.39. The first kappa shape index (κ1) is 18.8. The molecule has 138 valence electrons. The molecule has 0 saturated heterocycles. The van der Waals surface area contributed by atoms with E-state index in [4.69, 9.17) is 0 Å². The maximum absolute atomic E-state index is 12.5. The van der Waals surface area contributed by atoms with Crippen LogP contribution in [0.1, 0.15) is 26.5 Å². The molecule has 0 aliphatic carbocycles. The zero-order chi connectivity index (χ0) is 19.4. The number of hydrogen-bond acceptors (Lipinski definition) is 4. The predicted molar refractivity (Wildman–Crippen MR) is 98.8 cm³/mol. The first-order valence-corrected chi connectivity index (χ1v) is 8.70. The van der Waals surface area contributed by atoms with Crippen LogP contribution >= 0.6 is 11.3 Å². The second kappa shape index (κ2) is 7.71. The summed E-state index contributed by atoms with van der Waals surface area (Å²) in [6.07, 6.45) is -3.11. The fourth-order valence-corrected chi connectivity index (χ4v) is 3.20. The Kier molecular flexibility index (Phi) is 5.36. The van der Waals surface area contributed by atoms with Crippen molar-refractivity contribution < 1.29 is 18.0 Å². The van der Waals surface area contributed by atoms with Gasteiger partial charge in [0.2, 0.25) is 0 Å². The molecule has 1 N–H and O–H groups in total. The minimum Gasteiger partial charge on any atom is -0.266 e. The molecular weight excluding hydrogens is 375 g/mol. The third-order valence-electron chi connectivity index (χ3n) is 3.65. The van der Waals surface area contributed by atoms with Crippen molar-refractivity contribution in [2.24, 2.45) is 5.10 Å². The molecule has 1 amide bonds. The number of amides is 1. The van der Waals surface area contributed by atoms with E-state index in [9.17, 15) is 18.0 Å². The van der Waals surface area contributed by atoms with Crippen LogP contribution in [-0.4, -0.2) is 17.1 Å². The van der Waals surface area contributed by atoms with E-state index in [2.05, 4.69) is 15.5 Å². The summed E-state index contributed by atoms with van der Waals surface area (Å²) in [5.41, 5.74) is 3.23. The Morgan fingerprint density at radius 3 is 2.41 bits per heavy atom. The second-order valence-electron chi connectivity index (χ2n) is 5.61. The molecular formula is C19H14F3N3OS. The molecule has 1 aromatic heterocycles. The standard InChI is InChI=1S/C19H14F3N3OS/c1-12-16(24-18(27-12)14-5-3-2-4-6-14)17(26)25-23-11-13-7-9-15(10-8-13)19(20,21)22/h2-11H,1H3,(H,25,26)/b23-11-. The molecule has 27 heavy (non-hydrogen) atoms. The average molecular weight is 389 g/mol. The lowest BCUT2D eigenvalue weighted by atomic mass is 10.1. The van der Waals surface area contributed by atoms with Crippen molar-refractivity contribution in [2.45, 2.75) is 13.1 Å². The highest BCUT2D eigenvalue weighted by molar-refractivity contribution is 7.15. The summed E-state index contributed by atoms with van der Waals surface area (Å²) >= 11 is 1.40. The van der Waals surface area contributed by atoms with Crippen LogP contribution in [0.3, 0.4) is 0 Å². The summed E-state index contributed by atoms with van der Waals surface area (Å²) in [7, 11) is 0. The normalized spacial score (nSPS) is 11.7. The maximum Gasteiger partial charge on any atom is 0.416 e. The number of rotatable bonds is 4. The molecule has 0 aliphatic rings. The number of nitrogens with zero attached hydrogens (tertiary/aromatic N) is 2. The van der Waals surface area contributed by atoms with Crippen molar-refractivity contribution in [2.75, 3.05) is 0 Å². The monoisotopic (exact) mass is 389 g/mol. The lowest BCUT2D eigenvalue weighted by molar-refractivity contribution is -0.137. The van der Waals surface area contributed by atoms with Gasteiger partial charge in [-0.2, -0.15) is 18.3 Å². The number of aromatic nitrogens is 1. The summed E-state index contributed by atoms with van der Waals surface area (Å²) < 4.78 is 37.6. The van der Waals surface area contributed by atoms with Gasteiger partial charge in [-0.15, -0.1) is 11.3 Å². The van der Waals surface area contributed by atoms with Crippen LogP contribution in [0.5, 0.6) is 0 Å². The van der Waals surface area contributed by atoms with Crippen LogP contribution in [-0.2, 0) is 6.18 Å². The van der Waals surface area contributed by atoms with E-state index in [1.54, 1.807) is 6.92 Å². The molecule has 0 bridgehead atoms. The van der Waals surface area contributed by atoms with Crippen LogP contribution in [0.4, 0.5) is 13.2 Å². The Bertz CT molecular complexity index is 964. The topological polar surface area (TPSA) is 54.4 Å². The smallest absolute Gasteiger partial charge is 0.266 e. The summed E-state index contributed by atoms with van der Waals surface area (Å²) in [4.78, 5) is 17.4. The molecule has 0 unspecified atom stereocenters. The highest BCUT2D eigenvalue weighted by atomic mass is 32.1. The number of hydrogen-bond donors (Lipinski definition) is 1. The molecule has 8 heteroatoms. The average Bonchev–Trinajstić information content (AvgIpc) is 3.04. The number of halogens is 3. The van der Waals surface area contributed by atoms with E-state index in [1.807, 2.05) is 30.3 Å². The third-order valence-corrected chi connectivity index (χ3v) is 4.67. The van der Waals surface area contributed by atoms with Crippen LogP contribution in [0.2, 0.25) is 0 Å². The van der Waals surface area contributed by atoms with Gasteiger partial charge in [-0.05, 0) is 24.6 Å². The molecule has 3 aromatic rings. The van der Waals surface area contributed by atoms with Gasteiger partial charge in [-0.3, -0.25) is 4.79 Å². The molecule has 3 rings (SSSR count). The SMILES string of the molecule is Cc1sc(-c2ccccc2)nc1C(=O)N/N=C\c1ccc(C(F)(F)F)cc1. The van der Waals surface area contributed by atoms with E-state index in [1.165, 1.54) is 29.7 Å². The van der Waals surface area contributed by atoms with Crippen molar-refractivity contribution in [3.63, 3.8) is 0 Å². The van der Waals surface area contributed by atoms with E-state index >= 15 is 0 Å². The van der Waals surface area contributed by atoms with E-state index < -0.39 is 17.6 Å². The molecule has 4 nitrogen and oxygen atoms in total. The molecule has 0 aliphatic heterocycles. The molecule has 0 radical (unpaired) electrons. The van der Waals surface area contributed by atoms with Gasteiger partial charge in [0.05, 0.1) is 11.8 Å². The van der Waals surface area contributed by atoms with Crippen molar-refractivity contribution in [3.05, 3.63) is 76.3 Å². The number of thiazole rings is 1. The van der Waals surface area contributed by atoms with Gasteiger partial charge >= 0.3 is 6.18 Å². The number of carbonyl (C=O) groups excluding carboxylic acids is 1. The molecule has 0 atom stereocenters. The van der Waals surface area contributed by atoms with E-state index in [-0.39, 0.29) is 5.69 Å². The molecule has 2 aromatic carbocycles. The number of carbonyl (C=O) groups is 1. The molecule has 1 heterocycles. The van der Waals surface area contributed by atoms with Crippen LogP contribution in [0.25, 0.3) is 10.6 Å². The van der Waals surface area contributed by atoms with Crippen LogP contribution < -0.4 is 5.43 Å². The Hall–Kier alpha value is -3.00. The quantitative estimate of drug-likeness (QED) is 0.510. The van der Waals surface area contributed by atoms with Gasteiger partial charge in [-0.25, -0.2) is 10.4 Å². The van der Waals surface area contributed by atoms with Gasteiger partial charge in [0.25, 0.3) is 5.91 Å². The van der Waals surface area contributed by atoms with Gasteiger partial charge in [0, 0.05) is 10.4 Å². The van der Waals surface area contributed by atoms with Crippen molar-refractivity contribution in [1.29, 1.82) is 0 Å². The Morgan fingerprint density at radius 2 is 1.78 bits per heavy atom. The zero-order valence-electron chi connectivity index (χ0n) is 14.1. The lowest BCUT2D eigenvalue weighted by Gasteiger charge is -2.05. The first-order valence-electron chi connectivity index (χ1n) is 7.88. The Balaban J connectivity index is 1.67. The summed E-state index contributed by atoms with van der Waals surface area (Å²) in [6, 6.07) is 14.0. The fraction of sp³-hybridized carbons (Fsp3) is 0.105. The van der Waals surface area contributed by atoms with Crippen molar-refractivity contribution >= 4 is 23.5 Å². The lowest BCUT2D eigenvalue weighted by Crippen LogP contribution is -2.19. The summed E-state index contributed by atoms with van der Waals surface area (Å²) in [6.45, 7) is 1.79. The third kappa shape index (κ3) is 4.59. The Morgan fingerprint density at radius 1 is 1.11 bits per heavy atom. The van der Waals surface area contributed by atoms with Crippen LogP contribution in [0, 0.1) is 6.92 Å². The van der Waals surface area contributed by atoms with E-state index in [0.29, 0.717) is 5.56 Å². The van der Waals surface area contributed by atoms with Crippen molar-refractivity contribution in [3.8, 4) is 10.6 Å². The number of alkyl halides is 3. The summed E-state index contributed by atoms with van der Waals surface area (Å²) in [5.74, 6) is -0.478. The van der Waals surface area contributed by atoms with Crippen LogP contribution in [0.15, 0.2) is 59.7 Å².